The SMILES string of the molecule is CCC1(C)C(N)CC1Oc1cc(C)ccc1[N+](=O)[O-]. The highest BCUT2D eigenvalue weighted by molar-refractivity contribution is 5.48. The van der Waals surface area contributed by atoms with Crippen molar-refractivity contribution in [3.8, 4) is 5.75 Å². The first-order chi connectivity index (χ1) is 8.88. The molecule has 5 heteroatoms. The van der Waals surface area contributed by atoms with E-state index in [4.69, 9.17) is 10.5 Å². The lowest BCUT2D eigenvalue weighted by Crippen LogP contribution is -2.61. The van der Waals surface area contributed by atoms with Crippen LogP contribution >= 0.6 is 0 Å². The third kappa shape index (κ3) is 2.30. The van der Waals surface area contributed by atoms with Gasteiger partial charge in [0.2, 0.25) is 0 Å². The molecule has 5 nitrogen and oxygen atoms in total. The summed E-state index contributed by atoms with van der Waals surface area (Å²) in [5, 5.41) is 11.0. The second kappa shape index (κ2) is 4.81. The van der Waals surface area contributed by atoms with Crippen molar-refractivity contribution in [1.29, 1.82) is 0 Å². The Labute approximate surface area is 112 Å². The zero-order valence-electron chi connectivity index (χ0n) is 11.6. The van der Waals surface area contributed by atoms with Gasteiger partial charge in [-0.1, -0.05) is 19.9 Å². The Hall–Kier alpha value is -1.62. The van der Waals surface area contributed by atoms with Gasteiger partial charge in [-0.05, 0) is 25.0 Å². The lowest BCUT2D eigenvalue weighted by Gasteiger charge is -2.51. The minimum Gasteiger partial charge on any atom is -0.483 e. The Morgan fingerprint density at radius 3 is 2.79 bits per heavy atom. The summed E-state index contributed by atoms with van der Waals surface area (Å²) in [5.74, 6) is 0.349. The van der Waals surface area contributed by atoms with E-state index >= 15 is 0 Å². The van der Waals surface area contributed by atoms with Crippen LogP contribution < -0.4 is 10.5 Å². The van der Waals surface area contributed by atoms with Gasteiger partial charge < -0.3 is 10.5 Å². The first-order valence-electron chi connectivity index (χ1n) is 6.55. The van der Waals surface area contributed by atoms with Gasteiger partial charge in [0.15, 0.2) is 5.75 Å². The molecule has 3 unspecified atom stereocenters. The van der Waals surface area contributed by atoms with E-state index in [9.17, 15) is 10.1 Å². The maximum Gasteiger partial charge on any atom is 0.310 e. The van der Waals surface area contributed by atoms with Gasteiger partial charge in [-0.25, -0.2) is 0 Å². The van der Waals surface area contributed by atoms with E-state index in [0.29, 0.717) is 5.75 Å². The second-order valence-electron chi connectivity index (χ2n) is 5.54. The van der Waals surface area contributed by atoms with Crippen molar-refractivity contribution in [2.24, 2.45) is 11.1 Å². The van der Waals surface area contributed by atoms with Crippen molar-refractivity contribution in [3.05, 3.63) is 33.9 Å². The normalized spacial score (nSPS) is 29.7. The molecule has 1 aromatic rings. The van der Waals surface area contributed by atoms with Gasteiger partial charge in [-0.15, -0.1) is 0 Å². The van der Waals surface area contributed by atoms with E-state index in [1.165, 1.54) is 6.07 Å². The summed E-state index contributed by atoms with van der Waals surface area (Å²) in [7, 11) is 0. The monoisotopic (exact) mass is 264 g/mol. The Kier molecular flexibility index (Phi) is 3.49. The number of ether oxygens (including phenoxy) is 1. The van der Waals surface area contributed by atoms with Gasteiger partial charge >= 0.3 is 5.69 Å². The molecule has 0 radical (unpaired) electrons. The van der Waals surface area contributed by atoms with Gasteiger partial charge in [0.05, 0.1) is 4.92 Å². The van der Waals surface area contributed by atoms with E-state index in [0.717, 1.165) is 18.4 Å². The van der Waals surface area contributed by atoms with Crippen LogP contribution in [0.25, 0.3) is 0 Å². The van der Waals surface area contributed by atoms with Gasteiger partial charge in [-0.3, -0.25) is 10.1 Å². The standard InChI is InChI=1S/C14H20N2O3/c1-4-14(3)12(15)8-13(14)19-11-7-9(2)5-6-10(11)16(17)18/h5-7,12-13H,4,8,15H2,1-3H3. The summed E-state index contributed by atoms with van der Waals surface area (Å²) in [6.45, 7) is 6.04. The Bertz CT molecular complexity index is 503. The average molecular weight is 264 g/mol. The van der Waals surface area contributed by atoms with Gasteiger partial charge in [-0.2, -0.15) is 0 Å². The molecule has 0 aromatic heterocycles. The minimum absolute atomic E-state index is 0.0181. The third-order valence-electron chi connectivity index (χ3n) is 4.39. The molecule has 1 aromatic carbocycles. The molecule has 1 saturated carbocycles. The number of benzene rings is 1. The van der Waals surface area contributed by atoms with Crippen LogP contribution in [-0.2, 0) is 0 Å². The Morgan fingerprint density at radius 2 is 2.26 bits per heavy atom. The Morgan fingerprint density at radius 1 is 1.58 bits per heavy atom. The summed E-state index contributed by atoms with van der Waals surface area (Å²) in [4.78, 5) is 10.6. The number of nitro benzene ring substituents is 1. The molecule has 0 spiro atoms. The minimum atomic E-state index is -0.406. The third-order valence-corrected chi connectivity index (χ3v) is 4.39. The molecule has 0 bridgehead atoms. The van der Waals surface area contributed by atoms with E-state index in [1.807, 2.05) is 6.92 Å². The molecular weight excluding hydrogens is 244 g/mol. The van der Waals surface area contributed by atoms with E-state index in [1.54, 1.807) is 12.1 Å². The number of hydrogen-bond donors (Lipinski definition) is 1. The molecular formula is C14H20N2O3. The summed E-state index contributed by atoms with van der Waals surface area (Å²) < 4.78 is 5.88. The van der Waals surface area contributed by atoms with Crippen LogP contribution in [0.15, 0.2) is 18.2 Å². The highest BCUT2D eigenvalue weighted by atomic mass is 16.6. The molecule has 1 aliphatic rings. The van der Waals surface area contributed by atoms with E-state index < -0.39 is 4.92 Å². The highest BCUT2D eigenvalue weighted by Crippen LogP contribution is 2.46. The fourth-order valence-electron chi connectivity index (χ4n) is 2.54. The summed E-state index contributed by atoms with van der Waals surface area (Å²) >= 11 is 0. The number of nitrogens with zero attached hydrogens (tertiary/aromatic N) is 1. The van der Waals surface area contributed by atoms with Crippen LogP contribution in [-0.4, -0.2) is 17.1 Å². The predicted octanol–water partition coefficient (Wildman–Crippen LogP) is 2.80. The second-order valence-corrected chi connectivity index (χ2v) is 5.54. The fraction of sp³-hybridized carbons (Fsp3) is 0.571. The van der Waals surface area contributed by atoms with Crippen molar-refractivity contribution in [1.82, 2.24) is 0 Å². The fourth-order valence-corrected chi connectivity index (χ4v) is 2.54. The number of nitro groups is 1. The van der Waals surface area contributed by atoms with Gasteiger partial charge in [0.25, 0.3) is 0 Å². The molecule has 19 heavy (non-hydrogen) atoms. The summed E-state index contributed by atoms with van der Waals surface area (Å²) in [6, 6.07) is 5.03. The van der Waals surface area contributed by atoms with Crippen LogP contribution in [0.3, 0.4) is 0 Å². The Balaban J connectivity index is 2.25. The average Bonchev–Trinajstić information content (AvgIpc) is 2.37. The molecule has 2 rings (SSSR count). The van der Waals surface area contributed by atoms with Crippen LogP contribution in [0.2, 0.25) is 0 Å². The molecule has 1 fully saturated rings. The molecule has 104 valence electrons. The van der Waals surface area contributed by atoms with E-state index in [2.05, 4.69) is 13.8 Å². The maximum atomic E-state index is 11.0. The lowest BCUT2D eigenvalue weighted by molar-refractivity contribution is -0.386. The zero-order chi connectivity index (χ0) is 14.2. The number of hydrogen-bond acceptors (Lipinski definition) is 4. The van der Waals surface area contributed by atoms with Crippen molar-refractivity contribution >= 4 is 5.69 Å². The number of rotatable bonds is 4. The van der Waals surface area contributed by atoms with Crippen molar-refractivity contribution in [2.45, 2.75) is 45.8 Å². The van der Waals surface area contributed by atoms with Crippen molar-refractivity contribution in [2.75, 3.05) is 0 Å². The van der Waals surface area contributed by atoms with Gasteiger partial charge in [0.1, 0.15) is 6.10 Å². The number of aryl methyl sites for hydroxylation is 1. The van der Waals surface area contributed by atoms with E-state index in [-0.39, 0.29) is 23.2 Å². The van der Waals surface area contributed by atoms with Crippen LogP contribution in [0.5, 0.6) is 5.75 Å². The molecule has 0 heterocycles. The van der Waals surface area contributed by atoms with Crippen LogP contribution in [0.4, 0.5) is 5.69 Å². The highest BCUT2D eigenvalue weighted by Gasteiger charge is 2.50. The lowest BCUT2D eigenvalue weighted by atomic mass is 9.62. The molecule has 0 amide bonds. The van der Waals surface area contributed by atoms with Crippen molar-refractivity contribution in [3.63, 3.8) is 0 Å². The quantitative estimate of drug-likeness (QED) is 0.670. The topological polar surface area (TPSA) is 78.4 Å². The smallest absolute Gasteiger partial charge is 0.310 e. The van der Waals surface area contributed by atoms with Crippen LogP contribution in [0.1, 0.15) is 32.3 Å². The summed E-state index contributed by atoms with van der Waals surface area (Å²) in [5.41, 5.74) is 6.89. The predicted molar refractivity (Wildman–Crippen MR) is 73.2 cm³/mol. The molecule has 3 atom stereocenters. The van der Waals surface area contributed by atoms with Gasteiger partial charge in [0, 0.05) is 23.9 Å². The molecule has 2 N–H and O–H groups in total. The molecule has 1 aliphatic carbocycles. The van der Waals surface area contributed by atoms with Crippen molar-refractivity contribution < 1.29 is 9.66 Å². The first kappa shape index (κ1) is 13.8. The number of nitrogens with two attached hydrogens (primary N) is 1. The summed E-state index contributed by atoms with van der Waals surface area (Å²) in [6.07, 6.45) is 1.60. The maximum absolute atomic E-state index is 11.0. The molecule has 0 aliphatic heterocycles. The molecule has 0 saturated heterocycles. The zero-order valence-corrected chi connectivity index (χ0v) is 11.6. The first-order valence-corrected chi connectivity index (χ1v) is 6.55. The largest absolute Gasteiger partial charge is 0.483 e. The van der Waals surface area contributed by atoms with Crippen LogP contribution in [0, 0.1) is 22.5 Å².